The molecule has 74 valence electrons. The van der Waals surface area contributed by atoms with Gasteiger partial charge in [0.2, 0.25) is 0 Å². The van der Waals surface area contributed by atoms with Gasteiger partial charge in [-0.2, -0.15) is 0 Å². The molecular weight excluding hydrogens is 170 g/mol. The second-order valence-corrected chi connectivity index (χ2v) is 4.28. The van der Waals surface area contributed by atoms with Gasteiger partial charge in [0.25, 0.3) is 0 Å². The largest absolute Gasteiger partial charge is 0.327 e. The van der Waals surface area contributed by atoms with Gasteiger partial charge in [-0.15, -0.1) is 0 Å². The quantitative estimate of drug-likeness (QED) is 0.718. The lowest BCUT2D eigenvalue weighted by molar-refractivity contribution is 0.547. The number of hydrogen-bond donors (Lipinski definition) is 1. The van der Waals surface area contributed by atoms with Crippen LogP contribution < -0.4 is 5.73 Å². The topological polar surface area (TPSA) is 26.0 Å². The van der Waals surface area contributed by atoms with Crippen molar-refractivity contribution in [1.29, 1.82) is 0 Å². The summed E-state index contributed by atoms with van der Waals surface area (Å²) >= 11 is 0. The van der Waals surface area contributed by atoms with E-state index in [0.29, 0.717) is 6.04 Å². The molecule has 1 aliphatic carbocycles. The highest BCUT2D eigenvalue weighted by Crippen LogP contribution is 2.28. The number of hydrogen-bond acceptors (Lipinski definition) is 1. The fraction of sp³-hybridized carbons (Fsp3) is 0.385. The van der Waals surface area contributed by atoms with E-state index in [2.05, 4.69) is 38.1 Å². The standard InChI is InChI=1S/C13H17N/c1-9-4-3-5-10(2)13(9)8-11-6-12(14)7-11/h3-5,8,12H,6-7,14H2,1-2H3. The molecule has 1 aliphatic rings. The Labute approximate surface area is 85.6 Å². The van der Waals surface area contributed by atoms with Gasteiger partial charge in [-0.3, -0.25) is 0 Å². The van der Waals surface area contributed by atoms with Crippen LogP contribution in [0.2, 0.25) is 0 Å². The summed E-state index contributed by atoms with van der Waals surface area (Å²) in [6.45, 7) is 4.33. The zero-order valence-electron chi connectivity index (χ0n) is 8.88. The van der Waals surface area contributed by atoms with Crippen molar-refractivity contribution >= 4 is 6.08 Å². The Kier molecular flexibility index (Phi) is 2.42. The van der Waals surface area contributed by atoms with Crippen LogP contribution in [0.3, 0.4) is 0 Å². The van der Waals surface area contributed by atoms with Crippen molar-refractivity contribution in [1.82, 2.24) is 0 Å². The minimum absolute atomic E-state index is 0.408. The van der Waals surface area contributed by atoms with Crippen LogP contribution in [0.15, 0.2) is 23.8 Å². The maximum absolute atomic E-state index is 5.76. The molecule has 2 rings (SSSR count). The van der Waals surface area contributed by atoms with Gasteiger partial charge in [-0.25, -0.2) is 0 Å². The third kappa shape index (κ3) is 1.73. The molecule has 0 radical (unpaired) electrons. The monoisotopic (exact) mass is 187 g/mol. The summed E-state index contributed by atoms with van der Waals surface area (Å²) in [4.78, 5) is 0. The predicted molar refractivity (Wildman–Crippen MR) is 61.1 cm³/mol. The number of benzene rings is 1. The van der Waals surface area contributed by atoms with Crippen LogP contribution in [0, 0.1) is 13.8 Å². The van der Waals surface area contributed by atoms with E-state index in [1.54, 1.807) is 0 Å². The highest BCUT2D eigenvalue weighted by atomic mass is 14.7. The zero-order valence-corrected chi connectivity index (χ0v) is 8.88. The van der Waals surface area contributed by atoms with Crippen LogP contribution in [0.1, 0.15) is 29.5 Å². The molecule has 14 heavy (non-hydrogen) atoms. The molecule has 0 heterocycles. The van der Waals surface area contributed by atoms with Crippen molar-refractivity contribution in [2.75, 3.05) is 0 Å². The SMILES string of the molecule is Cc1cccc(C)c1C=C1CC(N)C1. The van der Waals surface area contributed by atoms with E-state index in [4.69, 9.17) is 5.73 Å². The molecule has 1 saturated carbocycles. The summed E-state index contributed by atoms with van der Waals surface area (Å²) in [5, 5.41) is 0. The summed E-state index contributed by atoms with van der Waals surface area (Å²) in [6, 6.07) is 6.85. The lowest BCUT2D eigenvalue weighted by Gasteiger charge is -2.25. The summed E-state index contributed by atoms with van der Waals surface area (Å²) in [5.74, 6) is 0. The molecule has 1 aromatic carbocycles. The molecule has 1 aromatic rings. The first-order valence-electron chi connectivity index (χ1n) is 5.18. The van der Waals surface area contributed by atoms with E-state index in [-0.39, 0.29) is 0 Å². The fourth-order valence-electron chi connectivity index (χ4n) is 1.99. The van der Waals surface area contributed by atoms with Crippen molar-refractivity contribution in [3.63, 3.8) is 0 Å². The van der Waals surface area contributed by atoms with Gasteiger partial charge in [0.1, 0.15) is 0 Å². The van der Waals surface area contributed by atoms with Crippen LogP contribution in [0.5, 0.6) is 0 Å². The molecule has 0 spiro atoms. The first kappa shape index (κ1) is 9.47. The van der Waals surface area contributed by atoms with Gasteiger partial charge in [0.15, 0.2) is 0 Å². The highest BCUT2D eigenvalue weighted by molar-refractivity contribution is 5.61. The molecular formula is C13H17N. The normalized spacial score (nSPS) is 20.5. The molecule has 1 heteroatoms. The lowest BCUT2D eigenvalue weighted by atomic mass is 9.85. The first-order chi connectivity index (χ1) is 6.66. The molecule has 1 nitrogen and oxygen atoms in total. The third-order valence-corrected chi connectivity index (χ3v) is 2.94. The Morgan fingerprint density at radius 1 is 1.21 bits per heavy atom. The van der Waals surface area contributed by atoms with Crippen LogP contribution >= 0.6 is 0 Å². The Morgan fingerprint density at radius 2 is 1.79 bits per heavy atom. The molecule has 0 aromatic heterocycles. The summed E-state index contributed by atoms with van der Waals surface area (Å²) in [7, 11) is 0. The molecule has 0 saturated heterocycles. The summed E-state index contributed by atoms with van der Waals surface area (Å²) < 4.78 is 0. The van der Waals surface area contributed by atoms with Gasteiger partial charge in [-0.1, -0.05) is 29.8 Å². The van der Waals surface area contributed by atoms with E-state index >= 15 is 0 Å². The van der Waals surface area contributed by atoms with Gasteiger partial charge in [0, 0.05) is 6.04 Å². The Hall–Kier alpha value is -1.08. The van der Waals surface area contributed by atoms with E-state index in [1.165, 1.54) is 22.3 Å². The van der Waals surface area contributed by atoms with Crippen LogP contribution in [-0.4, -0.2) is 6.04 Å². The number of rotatable bonds is 1. The van der Waals surface area contributed by atoms with Crippen molar-refractivity contribution in [2.45, 2.75) is 32.7 Å². The average molecular weight is 187 g/mol. The molecule has 0 atom stereocenters. The van der Waals surface area contributed by atoms with Crippen molar-refractivity contribution < 1.29 is 0 Å². The first-order valence-corrected chi connectivity index (χ1v) is 5.18. The maximum atomic E-state index is 5.76. The van der Waals surface area contributed by atoms with Gasteiger partial charge < -0.3 is 5.73 Å². The average Bonchev–Trinajstić information content (AvgIpc) is 2.08. The van der Waals surface area contributed by atoms with E-state index < -0.39 is 0 Å². The Bertz CT molecular complexity index is 349. The molecule has 0 unspecified atom stereocenters. The molecule has 0 aliphatic heterocycles. The second kappa shape index (κ2) is 3.58. The predicted octanol–water partition coefficient (Wildman–Crippen LogP) is 2.81. The minimum atomic E-state index is 0.408. The van der Waals surface area contributed by atoms with Gasteiger partial charge >= 0.3 is 0 Å². The summed E-state index contributed by atoms with van der Waals surface area (Å²) in [6.07, 6.45) is 4.47. The van der Waals surface area contributed by atoms with Crippen LogP contribution in [0.4, 0.5) is 0 Å². The van der Waals surface area contributed by atoms with E-state index in [9.17, 15) is 0 Å². The van der Waals surface area contributed by atoms with E-state index in [1.807, 2.05) is 0 Å². The third-order valence-electron chi connectivity index (χ3n) is 2.94. The van der Waals surface area contributed by atoms with Gasteiger partial charge in [-0.05, 0) is 43.4 Å². The van der Waals surface area contributed by atoms with Crippen LogP contribution in [-0.2, 0) is 0 Å². The number of nitrogens with two attached hydrogens (primary N) is 1. The fourth-order valence-corrected chi connectivity index (χ4v) is 1.99. The lowest BCUT2D eigenvalue weighted by Crippen LogP contribution is -2.29. The number of aryl methyl sites for hydroxylation is 2. The molecule has 0 amide bonds. The molecule has 0 bridgehead atoms. The Balaban J connectivity index is 2.29. The highest BCUT2D eigenvalue weighted by Gasteiger charge is 2.18. The van der Waals surface area contributed by atoms with E-state index in [0.717, 1.165) is 12.8 Å². The zero-order chi connectivity index (χ0) is 10.1. The van der Waals surface area contributed by atoms with Crippen molar-refractivity contribution in [2.24, 2.45) is 5.73 Å². The van der Waals surface area contributed by atoms with Gasteiger partial charge in [0.05, 0.1) is 0 Å². The van der Waals surface area contributed by atoms with Crippen molar-refractivity contribution in [3.05, 3.63) is 40.5 Å². The van der Waals surface area contributed by atoms with Crippen molar-refractivity contribution in [3.8, 4) is 0 Å². The van der Waals surface area contributed by atoms with Crippen LogP contribution in [0.25, 0.3) is 6.08 Å². The Morgan fingerprint density at radius 3 is 2.29 bits per heavy atom. The molecule has 1 fully saturated rings. The smallest absolute Gasteiger partial charge is 0.0114 e. The second-order valence-electron chi connectivity index (χ2n) is 4.28. The summed E-state index contributed by atoms with van der Waals surface area (Å²) in [5.41, 5.74) is 11.4. The maximum Gasteiger partial charge on any atom is 0.0114 e. The molecule has 2 N–H and O–H groups in total. The minimum Gasteiger partial charge on any atom is -0.327 e.